The number of rotatable bonds is 10. The van der Waals surface area contributed by atoms with Crippen molar-refractivity contribution < 1.29 is 19.0 Å². The lowest BCUT2D eigenvalue weighted by atomic mass is 9.83. The second kappa shape index (κ2) is 11.6. The maximum atomic E-state index is 11.2. The monoisotopic (exact) mass is 341 g/mol. The van der Waals surface area contributed by atoms with Crippen molar-refractivity contribution >= 4 is 5.91 Å². The number of carbonyl (C=O) groups is 1. The van der Waals surface area contributed by atoms with Crippen LogP contribution in [0.4, 0.5) is 0 Å². The van der Waals surface area contributed by atoms with Crippen LogP contribution in [0, 0.1) is 11.8 Å². The number of ether oxygens (including phenoxy) is 3. The Hall–Kier alpha value is -0.910. The van der Waals surface area contributed by atoms with E-state index in [9.17, 15) is 4.79 Å². The highest BCUT2D eigenvalue weighted by molar-refractivity contribution is 5.75. The summed E-state index contributed by atoms with van der Waals surface area (Å²) in [4.78, 5) is 11.2. The molecule has 0 aromatic carbocycles. The Bertz CT molecular complexity index is 397. The molecule has 1 heterocycles. The molecule has 1 saturated heterocycles. The third-order valence-electron chi connectivity index (χ3n) is 4.58. The first-order chi connectivity index (χ1) is 11.5. The van der Waals surface area contributed by atoms with Crippen molar-refractivity contribution in [1.29, 1.82) is 0 Å². The van der Waals surface area contributed by atoms with Crippen molar-refractivity contribution in [3.63, 3.8) is 0 Å². The molecule has 1 amide bonds. The molecule has 0 aliphatic carbocycles. The molecule has 1 aliphatic heterocycles. The Balaban J connectivity index is 2.48. The van der Waals surface area contributed by atoms with Crippen LogP contribution in [0.5, 0.6) is 0 Å². The number of nitrogens with one attached hydrogen (secondary N) is 1. The highest BCUT2D eigenvalue weighted by Gasteiger charge is 2.36. The van der Waals surface area contributed by atoms with Crippen LogP contribution in [0.15, 0.2) is 11.6 Å². The zero-order valence-electron chi connectivity index (χ0n) is 16.0. The molecule has 0 radical (unpaired) electrons. The van der Waals surface area contributed by atoms with Crippen LogP contribution < -0.4 is 5.32 Å². The van der Waals surface area contributed by atoms with Gasteiger partial charge in [0, 0.05) is 32.6 Å². The van der Waals surface area contributed by atoms with E-state index in [0.717, 1.165) is 19.3 Å². The van der Waals surface area contributed by atoms with Gasteiger partial charge in [-0.1, -0.05) is 25.5 Å². The maximum Gasteiger partial charge on any atom is 0.219 e. The molecule has 4 atom stereocenters. The topological polar surface area (TPSA) is 56.8 Å². The molecule has 2 unspecified atom stereocenters. The number of amides is 1. The van der Waals surface area contributed by atoms with Gasteiger partial charge in [-0.05, 0) is 39.0 Å². The summed E-state index contributed by atoms with van der Waals surface area (Å²) in [5, 5.41) is 2.86. The fourth-order valence-corrected chi connectivity index (χ4v) is 3.00. The number of carbonyl (C=O) groups excluding carboxylic acids is 1. The minimum absolute atomic E-state index is 0.0874. The zero-order valence-corrected chi connectivity index (χ0v) is 16.0. The lowest BCUT2D eigenvalue weighted by molar-refractivity contribution is -0.225. The molecule has 0 bridgehead atoms. The predicted octanol–water partition coefficient (Wildman–Crippen LogP) is 3.29. The number of hydrogen-bond acceptors (Lipinski definition) is 4. The summed E-state index contributed by atoms with van der Waals surface area (Å²) >= 11 is 0. The van der Waals surface area contributed by atoms with Gasteiger partial charge in [-0.25, -0.2) is 0 Å². The third kappa shape index (κ3) is 7.32. The van der Waals surface area contributed by atoms with Crippen molar-refractivity contribution in [2.75, 3.05) is 26.9 Å². The molecular formula is C19H35NO4. The minimum atomic E-state index is -0.223. The lowest BCUT2D eigenvalue weighted by Crippen LogP contribution is -2.43. The molecule has 0 aromatic heterocycles. The van der Waals surface area contributed by atoms with Crippen LogP contribution in [-0.4, -0.2) is 45.2 Å². The van der Waals surface area contributed by atoms with Gasteiger partial charge in [0.1, 0.15) is 0 Å². The summed E-state index contributed by atoms with van der Waals surface area (Å²) in [5.74, 6) is 0.709. The Kier molecular flexibility index (Phi) is 10.2. The van der Waals surface area contributed by atoms with E-state index in [0.29, 0.717) is 32.1 Å². The molecule has 0 spiro atoms. The van der Waals surface area contributed by atoms with Crippen LogP contribution in [0.3, 0.4) is 0 Å². The number of hydrogen-bond donors (Lipinski definition) is 1. The first kappa shape index (κ1) is 21.1. The standard InChI is InChI=1S/C19H35NO4/c1-6-14(3)11-16-12-15(4)24-19(22-5)17(16)13-23-10-8-9-20-18(21)7-2/h11,15-17,19H,6-10,12-13H2,1-5H3,(H,20,21)/b14-11+/t15-,16+,17?,19?/m1/s1. The predicted molar refractivity (Wildman–Crippen MR) is 95.7 cm³/mol. The van der Waals surface area contributed by atoms with Crippen molar-refractivity contribution in [3.8, 4) is 0 Å². The molecule has 1 aliphatic rings. The summed E-state index contributed by atoms with van der Waals surface area (Å²) in [6.45, 7) is 10.2. The van der Waals surface area contributed by atoms with Crippen LogP contribution in [0.25, 0.3) is 0 Å². The molecule has 140 valence electrons. The van der Waals surface area contributed by atoms with Gasteiger partial charge in [-0.3, -0.25) is 4.79 Å². The Morgan fingerprint density at radius 3 is 2.71 bits per heavy atom. The molecule has 1 N–H and O–H groups in total. The van der Waals surface area contributed by atoms with Gasteiger partial charge in [-0.2, -0.15) is 0 Å². The normalized spacial score (nSPS) is 28.0. The maximum absolute atomic E-state index is 11.2. The Morgan fingerprint density at radius 2 is 2.08 bits per heavy atom. The molecule has 0 aromatic rings. The largest absolute Gasteiger partial charge is 0.381 e. The van der Waals surface area contributed by atoms with Gasteiger partial charge in [0.05, 0.1) is 12.7 Å². The second-order valence-corrected chi connectivity index (χ2v) is 6.61. The van der Waals surface area contributed by atoms with Gasteiger partial charge in [0.15, 0.2) is 6.29 Å². The molecule has 0 saturated carbocycles. The SMILES string of the molecule is CCC(=O)NCCCOCC1C(OC)O[C@H](C)C[C@@H]1/C=C(\C)CC. The number of methoxy groups -OCH3 is 1. The van der Waals surface area contributed by atoms with Crippen molar-refractivity contribution in [1.82, 2.24) is 5.32 Å². The smallest absolute Gasteiger partial charge is 0.219 e. The molecular weight excluding hydrogens is 306 g/mol. The van der Waals surface area contributed by atoms with E-state index in [1.54, 1.807) is 7.11 Å². The summed E-state index contributed by atoms with van der Waals surface area (Å²) in [5.41, 5.74) is 1.40. The van der Waals surface area contributed by atoms with E-state index in [-0.39, 0.29) is 24.2 Å². The lowest BCUT2D eigenvalue weighted by Gasteiger charge is -2.39. The highest BCUT2D eigenvalue weighted by atomic mass is 16.7. The Labute approximate surface area is 147 Å². The van der Waals surface area contributed by atoms with Crippen LogP contribution in [0.1, 0.15) is 53.4 Å². The van der Waals surface area contributed by atoms with Gasteiger partial charge in [-0.15, -0.1) is 0 Å². The minimum Gasteiger partial charge on any atom is -0.381 e. The highest BCUT2D eigenvalue weighted by Crippen LogP contribution is 2.33. The summed E-state index contributed by atoms with van der Waals surface area (Å²) in [6, 6.07) is 0. The van der Waals surface area contributed by atoms with Gasteiger partial charge in [0.25, 0.3) is 0 Å². The average Bonchev–Trinajstić information content (AvgIpc) is 2.58. The van der Waals surface area contributed by atoms with Crippen LogP contribution in [-0.2, 0) is 19.0 Å². The van der Waals surface area contributed by atoms with Crippen LogP contribution >= 0.6 is 0 Å². The molecule has 5 nitrogen and oxygen atoms in total. The fourth-order valence-electron chi connectivity index (χ4n) is 3.00. The summed E-state index contributed by atoms with van der Waals surface area (Å²) in [6.07, 6.45) is 5.74. The third-order valence-corrected chi connectivity index (χ3v) is 4.58. The van der Waals surface area contributed by atoms with Crippen molar-refractivity contribution in [3.05, 3.63) is 11.6 Å². The van der Waals surface area contributed by atoms with E-state index in [1.807, 2.05) is 6.92 Å². The number of allylic oxidation sites excluding steroid dienone is 2. The molecule has 1 rings (SSSR count). The summed E-state index contributed by atoms with van der Waals surface area (Å²) < 4.78 is 17.3. The van der Waals surface area contributed by atoms with Crippen molar-refractivity contribution in [2.45, 2.75) is 65.8 Å². The van der Waals surface area contributed by atoms with Crippen molar-refractivity contribution in [2.24, 2.45) is 11.8 Å². The van der Waals surface area contributed by atoms with E-state index >= 15 is 0 Å². The van der Waals surface area contributed by atoms with Crippen LogP contribution in [0.2, 0.25) is 0 Å². The van der Waals surface area contributed by atoms with Gasteiger partial charge >= 0.3 is 0 Å². The van der Waals surface area contributed by atoms with Gasteiger partial charge < -0.3 is 19.5 Å². The average molecular weight is 341 g/mol. The Morgan fingerprint density at radius 1 is 1.33 bits per heavy atom. The molecule has 24 heavy (non-hydrogen) atoms. The van der Waals surface area contributed by atoms with E-state index < -0.39 is 0 Å². The fraction of sp³-hybridized carbons (Fsp3) is 0.842. The summed E-state index contributed by atoms with van der Waals surface area (Å²) in [7, 11) is 1.70. The van der Waals surface area contributed by atoms with E-state index in [2.05, 4.69) is 32.2 Å². The second-order valence-electron chi connectivity index (χ2n) is 6.61. The quantitative estimate of drug-likeness (QED) is 0.489. The molecule has 5 heteroatoms. The van der Waals surface area contributed by atoms with E-state index in [4.69, 9.17) is 14.2 Å². The zero-order chi connectivity index (χ0) is 17.9. The van der Waals surface area contributed by atoms with E-state index in [1.165, 1.54) is 5.57 Å². The first-order valence-electron chi connectivity index (χ1n) is 9.21. The first-order valence-corrected chi connectivity index (χ1v) is 9.21. The van der Waals surface area contributed by atoms with Gasteiger partial charge in [0.2, 0.25) is 5.91 Å². The molecule has 1 fully saturated rings.